The third kappa shape index (κ3) is 3.71. The molecule has 0 bridgehead atoms. The molecule has 0 radical (unpaired) electrons. The molecule has 0 N–H and O–H groups in total. The zero-order valence-corrected chi connectivity index (χ0v) is 12.0. The third-order valence-electron chi connectivity index (χ3n) is 2.64. The minimum atomic E-state index is -1.84. The molecule has 0 heterocycles. The van der Waals surface area contributed by atoms with Crippen molar-refractivity contribution in [1.82, 2.24) is 0 Å². The maximum Gasteiger partial charge on any atom is 0.178 e. The van der Waals surface area contributed by atoms with E-state index in [1.807, 2.05) is 0 Å². The fourth-order valence-corrected chi connectivity index (χ4v) is 2.88. The van der Waals surface area contributed by atoms with Crippen molar-refractivity contribution in [2.24, 2.45) is 0 Å². The summed E-state index contributed by atoms with van der Waals surface area (Å²) < 4.78 is 51.4. The second-order valence-electron chi connectivity index (χ2n) is 4.11. The Balaban J connectivity index is 2.20. The van der Waals surface area contributed by atoms with Gasteiger partial charge in [-0.25, -0.2) is 13.2 Å². The standard InChI is InChI=1S/C14H8ClF3O2S/c15-11-6-9(2-4-13(11)18)21(20)7-14(19)10-5-8(16)1-3-12(10)17/h1-6H,7H2. The molecule has 0 saturated carbocycles. The molecule has 0 saturated heterocycles. The number of hydrogen-bond donors (Lipinski definition) is 0. The number of carbonyl (C=O) groups is 1. The van der Waals surface area contributed by atoms with E-state index in [0.717, 1.165) is 30.3 Å². The highest BCUT2D eigenvalue weighted by Gasteiger charge is 2.17. The van der Waals surface area contributed by atoms with Crippen LogP contribution in [0.4, 0.5) is 13.2 Å². The number of halogens is 4. The summed E-state index contributed by atoms with van der Waals surface area (Å²) in [5.74, 6) is -3.71. The highest BCUT2D eigenvalue weighted by Crippen LogP contribution is 2.19. The molecule has 0 spiro atoms. The lowest BCUT2D eigenvalue weighted by Gasteiger charge is -2.04. The Morgan fingerprint density at radius 1 is 1.05 bits per heavy atom. The molecular formula is C14H8ClF3O2S. The molecule has 0 aliphatic carbocycles. The average molecular weight is 333 g/mol. The van der Waals surface area contributed by atoms with E-state index in [1.165, 1.54) is 6.07 Å². The van der Waals surface area contributed by atoms with Crippen molar-refractivity contribution in [1.29, 1.82) is 0 Å². The number of Topliss-reactive ketones (excluding diaryl/α,β-unsaturated/α-hetero) is 1. The Morgan fingerprint density at radius 3 is 2.38 bits per heavy atom. The molecule has 1 unspecified atom stereocenters. The van der Waals surface area contributed by atoms with Crippen molar-refractivity contribution in [2.45, 2.75) is 4.90 Å². The first-order chi connectivity index (χ1) is 9.88. The largest absolute Gasteiger partial charge is 0.293 e. The van der Waals surface area contributed by atoms with Crippen LogP contribution in [0.2, 0.25) is 5.02 Å². The highest BCUT2D eigenvalue weighted by molar-refractivity contribution is 7.85. The summed E-state index contributed by atoms with van der Waals surface area (Å²) in [7, 11) is -1.84. The Labute approximate surface area is 126 Å². The molecule has 0 aliphatic rings. The number of hydrogen-bond acceptors (Lipinski definition) is 2. The van der Waals surface area contributed by atoms with Crippen LogP contribution < -0.4 is 0 Å². The fraction of sp³-hybridized carbons (Fsp3) is 0.0714. The molecule has 0 amide bonds. The predicted molar refractivity (Wildman–Crippen MR) is 73.4 cm³/mol. The molecular weight excluding hydrogens is 325 g/mol. The van der Waals surface area contributed by atoms with E-state index in [0.29, 0.717) is 0 Å². The summed E-state index contributed by atoms with van der Waals surface area (Å²) in [5, 5.41) is -0.231. The van der Waals surface area contributed by atoms with Crippen molar-refractivity contribution < 1.29 is 22.2 Å². The Hall–Kier alpha value is -1.66. The maximum absolute atomic E-state index is 13.4. The smallest absolute Gasteiger partial charge is 0.178 e. The van der Waals surface area contributed by atoms with Crippen LogP contribution in [0.15, 0.2) is 41.3 Å². The van der Waals surface area contributed by atoms with E-state index >= 15 is 0 Å². The molecule has 2 rings (SSSR count). The van der Waals surface area contributed by atoms with Gasteiger partial charge in [0.15, 0.2) is 5.78 Å². The van der Waals surface area contributed by atoms with Crippen LogP contribution in [0.25, 0.3) is 0 Å². The Kier molecular flexibility index (Phi) is 4.80. The molecule has 21 heavy (non-hydrogen) atoms. The number of carbonyl (C=O) groups excluding carboxylic acids is 1. The van der Waals surface area contributed by atoms with Crippen LogP contribution >= 0.6 is 11.6 Å². The maximum atomic E-state index is 13.4. The molecule has 2 nitrogen and oxygen atoms in total. The SMILES string of the molecule is O=C(CS(=O)c1ccc(F)c(Cl)c1)c1cc(F)ccc1F. The van der Waals surface area contributed by atoms with Crippen LogP contribution in [-0.4, -0.2) is 15.7 Å². The lowest BCUT2D eigenvalue weighted by molar-refractivity contribution is 0.101. The van der Waals surface area contributed by atoms with Crippen molar-refractivity contribution in [2.75, 3.05) is 5.75 Å². The molecule has 1 atom stereocenters. The molecule has 110 valence electrons. The van der Waals surface area contributed by atoms with Crippen LogP contribution in [-0.2, 0) is 10.8 Å². The van der Waals surface area contributed by atoms with E-state index in [1.54, 1.807) is 0 Å². The van der Waals surface area contributed by atoms with Gasteiger partial charge < -0.3 is 0 Å². The monoisotopic (exact) mass is 332 g/mol. The summed E-state index contributed by atoms with van der Waals surface area (Å²) in [6.45, 7) is 0. The van der Waals surface area contributed by atoms with Crippen LogP contribution in [0.3, 0.4) is 0 Å². The normalized spacial score (nSPS) is 12.2. The van der Waals surface area contributed by atoms with Crippen LogP contribution in [0.5, 0.6) is 0 Å². The summed E-state index contributed by atoms with van der Waals surface area (Å²) in [5.41, 5.74) is -0.475. The van der Waals surface area contributed by atoms with Crippen LogP contribution in [0.1, 0.15) is 10.4 Å². The fourth-order valence-electron chi connectivity index (χ4n) is 1.61. The van der Waals surface area contributed by atoms with E-state index in [4.69, 9.17) is 11.6 Å². The first-order valence-corrected chi connectivity index (χ1v) is 7.40. The summed E-state index contributed by atoms with van der Waals surface area (Å²) >= 11 is 5.55. The number of benzene rings is 2. The lowest BCUT2D eigenvalue weighted by atomic mass is 10.1. The second kappa shape index (κ2) is 6.41. The first-order valence-electron chi connectivity index (χ1n) is 5.70. The Bertz CT molecular complexity index is 734. The minimum Gasteiger partial charge on any atom is -0.293 e. The van der Waals surface area contributed by atoms with Gasteiger partial charge in [0.1, 0.15) is 17.5 Å². The quantitative estimate of drug-likeness (QED) is 0.799. The average Bonchev–Trinajstić information content (AvgIpc) is 2.44. The van der Waals surface area contributed by atoms with E-state index in [9.17, 15) is 22.2 Å². The lowest BCUT2D eigenvalue weighted by Crippen LogP contribution is -2.13. The number of rotatable bonds is 4. The van der Waals surface area contributed by atoms with Crippen molar-refractivity contribution in [3.8, 4) is 0 Å². The predicted octanol–water partition coefficient (Wildman–Crippen LogP) is 3.75. The molecule has 0 aliphatic heterocycles. The van der Waals surface area contributed by atoms with Gasteiger partial charge in [0.25, 0.3) is 0 Å². The second-order valence-corrected chi connectivity index (χ2v) is 5.97. The van der Waals surface area contributed by atoms with Gasteiger partial charge in [0.05, 0.1) is 27.1 Å². The summed E-state index contributed by atoms with van der Waals surface area (Å²) in [6, 6.07) is 5.80. The molecule has 0 aromatic heterocycles. The topological polar surface area (TPSA) is 34.1 Å². The van der Waals surface area contributed by atoms with Gasteiger partial charge in [-0.15, -0.1) is 0 Å². The van der Waals surface area contributed by atoms with Crippen molar-refractivity contribution in [3.63, 3.8) is 0 Å². The van der Waals surface area contributed by atoms with Gasteiger partial charge in [-0.2, -0.15) is 0 Å². The van der Waals surface area contributed by atoms with Crippen LogP contribution in [0, 0.1) is 17.5 Å². The molecule has 2 aromatic rings. The molecule has 2 aromatic carbocycles. The van der Waals surface area contributed by atoms with Gasteiger partial charge in [-0.3, -0.25) is 9.00 Å². The Morgan fingerprint density at radius 2 is 1.71 bits per heavy atom. The number of ketones is 1. The van der Waals surface area contributed by atoms with E-state index in [2.05, 4.69) is 0 Å². The van der Waals surface area contributed by atoms with E-state index in [-0.39, 0.29) is 9.92 Å². The van der Waals surface area contributed by atoms with Crippen molar-refractivity contribution >= 4 is 28.2 Å². The zero-order valence-electron chi connectivity index (χ0n) is 10.4. The molecule has 0 fully saturated rings. The zero-order chi connectivity index (χ0) is 15.6. The van der Waals surface area contributed by atoms with Gasteiger partial charge in [0.2, 0.25) is 0 Å². The third-order valence-corrected chi connectivity index (χ3v) is 4.24. The molecule has 7 heteroatoms. The van der Waals surface area contributed by atoms with Gasteiger partial charge >= 0.3 is 0 Å². The summed E-state index contributed by atoms with van der Waals surface area (Å²) in [6.07, 6.45) is 0. The first kappa shape index (κ1) is 15.7. The van der Waals surface area contributed by atoms with E-state index < -0.39 is 45.4 Å². The highest BCUT2D eigenvalue weighted by atomic mass is 35.5. The van der Waals surface area contributed by atoms with Gasteiger partial charge in [-0.1, -0.05) is 11.6 Å². The van der Waals surface area contributed by atoms with Crippen molar-refractivity contribution in [3.05, 3.63) is 64.4 Å². The summed E-state index contributed by atoms with van der Waals surface area (Å²) in [4.78, 5) is 12.0. The minimum absolute atomic E-state index is 0.131. The van der Waals surface area contributed by atoms with Gasteiger partial charge in [-0.05, 0) is 36.4 Å². The van der Waals surface area contributed by atoms with Gasteiger partial charge in [0, 0.05) is 4.90 Å².